The van der Waals surface area contributed by atoms with Crippen molar-refractivity contribution >= 4 is 28.2 Å². The summed E-state index contributed by atoms with van der Waals surface area (Å²) in [4.78, 5) is 31.0. The zero-order valence-corrected chi connectivity index (χ0v) is 14.2. The lowest BCUT2D eigenvalue weighted by Gasteiger charge is -2.11. The highest BCUT2D eigenvalue weighted by atomic mass is 32.1. The first kappa shape index (κ1) is 15.6. The van der Waals surface area contributed by atoms with E-state index < -0.39 is 0 Å². The van der Waals surface area contributed by atoms with Gasteiger partial charge in [0.2, 0.25) is 17.6 Å². The van der Waals surface area contributed by atoms with E-state index in [1.165, 1.54) is 11.3 Å². The number of hydrogen-bond donors (Lipinski definition) is 1. The van der Waals surface area contributed by atoms with Crippen LogP contribution in [0.15, 0.2) is 28.5 Å². The van der Waals surface area contributed by atoms with Crippen LogP contribution in [0.4, 0.5) is 10.9 Å². The van der Waals surface area contributed by atoms with Gasteiger partial charge in [-0.3, -0.25) is 9.69 Å². The number of carbonyl (C=O) groups excluding carboxylic acids is 1. The minimum atomic E-state index is -0.147. The third-order valence-electron chi connectivity index (χ3n) is 3.81. The number of nitrogens with zero attached hydrogens (tertiary/aromatic N) is 6. The van der Waals surface area contributed by atoms with Crippen molar-refractivity contribution in [2.45, 2.75) is 19.3 Å². The van der Waals surface area contributed by atoms with Gasteiger partial charge in [0.15, 0.2) is 5.13 Å². The minimum absolute atomic E-state index is 0.00878. The second-order valence-electron chi connectivity index (χ2n) is 5.49. The molecule has 4 heterocycles. The number of carbonyl (C=O) groups is 1. The lowest BCUT2D eigenvalue weighted by molar-refractivity contribution is -0.117. The fourth-order valence-corrected chi connectivity index (χ4v) is 3.30. The van der Waals surface area contributed by atoms with E-state index >= 15 is 0 Å². The summed E-state index contributed by atoms with van der Waals surface area (Å²) in [5, 5.41) is 9.58. The Bertz CT molecular complexity index is 862. The van der Waals surface area contributed by atoms with Gasteiger partial charge in [-0.2, -0.15) is 4.98 Å². The van der Waals surface area contributed by atoms with Crippen molar-refractivity contribution in [3.05, 3.63) is 29.9 Å². The predicted molar refractivity (Wildman–Crippen MR) is 91.3 cm³/mol. The summed E-state index contributed by atoms with van der Waals surface area (Å²) < 4.78 is 5.35. The quantitative estimate of drug-likeness (QED) is 0.737. The molecule has 4 rings (SSSR count). The van der Waals surface area contributed by atoms with Crippen molar-refractivity contribution in [1.29, 1.82) is 0 Å². The average molecular weight is 357 g/mol. The Labute approximate surface area is 147 Å². The summed E-state index contributed by atoms with van der Waals surface area (Å²) >= 11 is 1.43. The zero-order valence-electron chi connectivity index (χ0n) is 13.4. The summed E-state index contributed by atoms with van der Waals surface area (Å²) in [6.45, 7) is 3.24. The Kier molecular flexibility index (Phi) is 4.10. The fourth-order valence-electron chi connectivity index (χ4n) is 2.63. The van der Waals surface area contributed by atoms with Crippen molar-refractivity contribution in [2.24, 2.45) is 0 Å². The number of thiazole rings is 1. The molecule has 3 aromatic rings. The molecule has 9 nitrogen and oxygen atoms in total. The van der Waals surface area contributed by atoms with Gasteiger partial charge >= 0.3 is 0 Å². The highest BCUT2D eigenvalue weighted by molar-refractivity contribution is 7.13. The van der Waals surface area contributed by atoms with Gasteiger partial charge in [-0.25, -0.2) is 15.0 Å². The van der Waals surface area contributed by atoms with E-state index in [9.17, 15) is 4.79 Å². The summed E-state index contributed by atoms with van der Waals surface area (Å²) in [5.74, 6) is 1.35. The van der Waals surface area contributed by atoms with Gasteiger partial charge in [-0.05, 0) is 6.92 Å². The molecule has 0 radical (unpaired) electrons. The van der Waals surface area contributed by atoms with Crippen molar-refractivity contribution < 1.29 is 9.32 Å². The number of hydrogen-bond acceptors (Lipinski definition) is 9. The van der Waals surface area contributed by atoms with Gasteiger partial charge in [0.05, 0.1) is 18.3 Å². The topological polar surface area (TPSA) is 110 Å². The molecule has 1 saturated heterocycles. The number of rotatable bonds is 5. The van der Waals surface area contributed by atoms with Crippen molar-refractivity contribution in [2.75, 3.05) is 23.3 Å². The minimum Gasteiger partial charge on any atom is -0.369 e. The first-order chi connectivity index (χ1) is 12.2. The molecule has 3 aromatic heterocycles. The van der Waals surface area contributed by atoms with Crippen LogP contribution in [0, 0.1) is 0 Å². The van der Waals surface area contributed by atoms with Crippen LogP contribution in [0.5, 0.6) is 0 Å². The van der Waals surface area contributed by atoms with Gasteiger partial charge in [-0.1, -0.05) is 5.16 Å². The van der Waals surface area contributed by atoms with E-state index in [-0.39, 0.29) is 11.8 Å². The van der Waals surface area contributed by atoms with Gasteiger partial charge in [-0.15, -0.1) is 11.3 Å². The van der Waals surface area contributed by atoms with Crippen LogP contribution in [0.1, 0.15) is 25.2 Å². The summed E-state index contributed by atoms with van der Waals surface area (Å²) in [5.41, 5.74) is 0.526. The normalized spacial score (nSPS) is 17.2. The molecule has 1 amide bonds. The molecule has 1 fully saturated rings. The van der Waals surface area contributed by atoms with E-state index in [2.05, 4.69) is 30.4 Å². The largest absolute Gasteiger partial charge is 0.369 e. The van der Waals surface area contributed by atoms with E-state index in [0.29, 0.717) is 41.3 Å². The van der Waals surface area contributed by atoms with Crippen LogP contribution in [-0.4, -0.2) is 44.1 Å². The summed E-state index contributed by atoms with van der Waals surface area (Å²) in [6.07, 6.45) is 5.22. The maximum absolute atomic E-state index is 12.2. The molecule has 10 heteroatoms. The highest BCUT2D eigenvalue weighted by Crippen LogP contribution is 2.32. The third-order valence-corrected chi connectivity index (χ3v) is 4.60. The number of aromatic nitrogens is 5. The molecule has 0 unspecified atom stereocenters. The zero-order chi connectivity index (χ0) is 17.2. The SMILES string of the molecule is CCNc1cnc(-c2noc([C@H]3CC(=O)N(c4nccs4)C3)n2)cn1. The van der Waals surface area contributed by atoms with Gasteiger partial charge < -0.3 is 9.84 Å². The second kappa shape index (κ2) is 6.55. The molecule has 128 valence electrons. The van der Waals surface area contributed by atoms with E-state index in [1.807, 2.05) is 12.3 Å². The first-order valence-electron chi connectivity index (χ1n) is 7.84. The van der Waals surface area contributed by atoms with Gasteiger partial charge in [0.25, 0.3) is 0 Å². The summed E-state index contributed by atoms with van der Waals surface area (Å²) in [7, 11) is 0. The van der Waals surface area contributed by atoms with Crippen LogP contribution in [0.25, 0.3) is 11.5 Å². The van der Waals surface area contributed by atoms with Crippen molar-refractivity contribution in [3.63, 3.8) is 0 Å². The molecule has 1 atom stereocenters. The monoisotopic (exact) mass is 357 g/mol. The molecule has 1 N–H and O–H groups in total. The van der Waals surface area contributed by atoms with Crippen molar-refractivity contribution in [3.8, 4) is 11.5 Å². The third kappa shape index (κ3) is 3.07. The lowest BCUT2D eigenvalue weighted by atomic mass is 10.1. The van der Waals surface area contributed by atoms with Crippen LogP contribution < -0.4 is 10.2 Å². The second-order valence-corrected chi connectivity index (χ2v) is 6.37. The molecule has 0 aliphatic carbocycles. The highest BCUT2D eigenvalue weighted by Gasteiger charge is 2.36. The van der Waals surface area contributed by atoms with Crippen LogP contribution in [0.3, 0.4) is 0 Å². The molecule has 0 spiro atoms. The van der Waals surface area contributed by atoms with Gasteiger partial charge in [0, 0.05) is 31.1 Å². The van der Waals surface area contributed by atoms with Crippen LogP contribution in [0.2, 0.25) is 0 Å². The van der Waals surface area contributed by atoms with Crippen LogP contribution >= 0.6 is 11.3 Å². The maximum Gasteiger partial charge on any atom is 0.232 e. The number of amides is 1. The molecule has 1 aliphatic rings. The van der Waals surface area contributed by atoms with Crippen molar-refractivity contribution in [1.82, 2.24) is 25.1 Å². The Morgan fingerprint density at radius 2 is 2.28 bits per heavy atom. The average Bonchev–Trinajstić information content (AvgIpc) is 3.36. The van der Waals surface area contributed by atoms with Gasteiger partial charge in [0.1, 0.15) is 11.5 Å². The molecule has 0 bridgehead atoms. The molecule has 0 saturated carbocycles. The Morgan fingerprint density at radius 3 is 3.00 bits per heavy atom. The molecular formula is C15H15N7O2S. The van der Waals surface area contributed by atoms with E-state index in [4.69, 9.17) is 4.52 Å². The maximum atomic E-state index is 12.2. The fraction of sp³-hybridized carbons (Fsp3) is 0.333. The Balaban J connectivity index is 1.51. The first-order valence-corrected chi connectivity index (χ1v) is 8.72. The molecular weight excluding hydrogens is 342 g/mol. The van der Waals surface area contributed by atoms with E-state index in [1.54, 1.807) is 23.5 Å². The Hall–Kier alpha value is -2.88. The van der Waals surface area contributed by atoms with E-state index in [0.717, 1.165) is 6.54 Å². The number of anilines is 2. The number of nitrogens with one attached hydrogen (secondary N) is 1. The molecule has 1 aliphatic heterocycles. The lowest BCUT2D eigenvalue weighted by Crippen LogP contribution is -2.23. The smallest absolute Gasteiger partial charge is 0.232 e. The Morgan fingerprint density at radius 1 is 1.36 bits per heavy atom. The molecule has 0 aromatic carbocycles. The standard InChI is InChI=1S/C15H15N7O2S/c1-2-16-11-7-18-10(6-19-11)13-20-14(24-21-13)9-5-12(23)22(8-9)15-17-3-4-25-15/h3-4,6-7,9H,2,5,8H2,1H3,(H,16,19)/t9-/m0/s1. The molecule has 25 heavy (non-hydrogen) atoms. The predicted octanol–water partition coefficient (Wildman–Crippen LogP) is 1.94. The van der Waals surface area contributed by atoms with Crippen LogP contribution in [-0.2, 0) is 4.79 Å². The summed E-state index contributed by atoms with van der Waals surface area (Å²) in [6, 6.07) is 0.